The Balaban J connectivity index is 1.15. The van der Waals surface area contributed by atoms with Crippen LogP contribution in [0.1, 0.15) is 10.4 Å². The largest absolute Gasteiger partial charge is 0.343 e. The molecule has 0 unspecified atom stereocenters. The van der Waals surface area contributed by atoms with Gasteiger partial charge < -0.3 is 14.2 Å². The van der Waals surface area contributed by atoms with Gasteiger partial charge in [-0.25, -0.2) is 4.98 Å². The lowest BCUT2D eigenvalue weighted by Gasteiger charge is -2.34. The van der Waals surface area contributed by atoms with E-state index in [0.717, 1.165) is 45.0 Å². The van der Waals surface area contributed by atoms with E-state index in [1.165, 1.54) is 0 Å². The van der Waals surface area contributed by atoms with E-state index in [0.29, 0.717) is 18.7 Å². The summed E-state index contributed by atoms with van der Waals surface area (Å²) in [5.41, 5.74) is 3.39. The van der Waals surface area contributed by atoms with E-state index in [9.17, 15) is 4.79 Å². The molecule has 1 amide bonds. The van der Waals surface area contributed by atoms with Crippen LogP contribution >= 0.6 is 22.7 Å². The number of nitrogens with zero attached hydrogens (tertiary/aromatic N) is 6. The Morgan fingerprint density at radius 2 is 1.79 bits per heavy atom. The second-order valence-corrected chi connectivity index (χ2v) is 9.72. The van der Waals surface area contributed by atoms with E-state index in [2.05, 4.69) is 21.2 Å². The molecule has 164 valence electrons. The normalized spacial score (nSPS) is 14.2. The van der Waals surface area contributed by atoms with Crippen molar-refractivity contribution >= 4 is 39.4 Å². The van der Waals surface area contributed by atoms with Crippen molar-refractivity contribution in [3.8, 4) is 21.1 Å². The summed E-state index contributed by atoms with van der Waals surface area (Å²) in [5.74, 6) is 0.0398. The molecule has 1 saturated heterocycles. The molecule has 5 heterocycles. The summed E-state index contributed by atoms with van der Waals surface area (Å²) in [6.07, 6.45) is 3.90. The Labute approximate surface area is 198 Å². The zero-order valence-electron chi connectivity index (χ0n) is 17.7. The maximum Gasteiger partial charge on any atom is 0.254 e. The summed E-state index contributed by atoms with van der Waals surface area (Å²) in [7, 11) is 0. The van der Waals surface area contributed by atoms with Crippen molar-refractivity contribution in [2.45, 2.75) is 0 Å². The number of hydrogen-bond donors (Lipinski definition) is 0. The first-order valence-electron chi connectivity index (χ1n) is 10.7. The van der Waals surface area contributed by atoms with Crippen molar-refractivity contribution in [1.82, 2.24) is 24.5 Å². The zero-order chi connectivity index (χ0) is 22.2. The van der Waals surface area contributed by atoms with Gasteiger partial charge in [-0.05, 0) is 23.6 Å². The standard InChI is InChI=1S/C24H20N6OS2/c31-23(18-8-9-30-16-19(25-21(30)15-18)17-5-2-1-3-6-17)28-10-12-29(13-11-28)24-27-26-22(33-24)20-7-4-14-32-20/h1-9,14-16H,10-13H2. The van der Waals surface area contributed by atoms with Gasteiger partial charge in [0.05, 0.1) is 10.6 Å². The minimum atomic E-state index is 0.0398. The molecule has 0 atom stereocenters. The Hall–Kier alpha value is -3.56. The number of thiophene rings is 1. The van der Waals surface area contributed by atoms with Crippen molar-refractivity contribution < 1.29 is 4.79 Å². The fourth-order valence-electron chi connectivity index (χ4n) is 3.99. The highest BCUT2D eigenvalue weighted by atomic mass is 32.1. The molecule has 0 saturated carbocycles. The van der Waals surface area contributed by atoms with Gasteiger partial charge in [0.15, 0.2) is 5.01 Å². The van der Waals surface area contributed by atoms with E-state index in [-0.39, 0.29) is 5.91 Å². The average molecular weight is 473 g/mol. The molecule has 33 heavy (non-hydrogen) atoms. The Morgan fingerprint density at radius 1 is 0.939 bits per heavy atom. The van der Waals surface area contributed by atoms with E-state index < -0.39 is 0 Å². The van der Waals surface area contributed by atoms with Crippen LogP contribution in [-0.4, -0.2) is 56.6 Å². The van der Waals surface area contributed by atoms with Gasteiger partial charge >= 0.3 is 0 Å². The van der Waals surface area contributed by atoms with Gasteiger partial charge in [0.25, 0.3) is 5.91 Å². The molecule has 0 spiro atoms. The van der Waals surface area contributed by atoms with Crippen molar-refractivity contribution in [3.63, 3.8) is 0 Å². The number of piperazine rings is 1. The van der Waals surface area contributed by atoms with Gasteiger partial charge in [0.1, 0.15) is 5.65 Å². The molecule has 7 nitrogen and oxygen atoms in total. The molecule has 0 bridgehead atoms. The number of fused-ring (bicyclic) bond motifs is 1. The maximum absolute atomic E-state index is 13.2. The molecule has 6 rings (SSSR count). The number of rotatable bonds is 4. The molecule has 1 aliphatic rings. The first kappa shape index (κ1) is 20.1. The van der Waals surface area contributed by atoms with Crippen molar-refractivity contribution in [2.75, 3.05) is 31.1 Å². The highest BCUT2D eigenvalue weighted by molar-refractivity contribution is 7.22. The van der Waals surface area contributed by atoms with Crippen LogP contribution in [0.25, 0.3) is 26.8 Å². The fourth-order valence-corrected chi connectivity index (χ4v) is 5.68. The van der Waals surface area contributed by atoms with Gasteiger partial charge in [-0.1, -0.05) is 47.7 Å². The van der Waals surface area contributed by atoms with E-state index in [1.54, 1.807) is 22.7 Å². The molecule has 1 aliphatic heterocycles. The van der Waals surface area contributed by atoms with Crippen LogP contribution in [0.5, 0.6) is 0 Å². The second kappa shape index (κ2) is 8.42. The minimum absolute atomic E-state index is 0.0398. The topological polar surface area (TPSA) is 66.6 Å². The predicted molar refractivity (Wildman–Crippen MR) is 132 cm³/mol. The summed E-state index contributed by atoms with van der Waals surface area (Å²) in [4.78, 5) is 23.1. The third-order valence-corrected chi connectivity index (χ3v) is 7.78. The third-order valence-electron chi connectivity index (χ3n) is 5.76. The molecule has 1 aromatic carbocycles. The quantitative estimate of drug-likeness (QED) is 0.384. The number of imidazole rings is 1. The summed E-state index contributed by atoms with van der Waals surface area (Å²) in [6.45, 7) is 2.80. The van der Waals surface area contributed by atoms with Crippen LogP contribution in [0.2, 0.25) is 0 Å². The number of carbonyl (C=O) groups excluding carboxylic acids is 1. The lowest BCUT2D eigenvalue weighted by molar-refractivity contribution is 0.0746. The number of amides is 1. The van der Waals surface area contributed by atoms with Crippen LogP contribution in [-0.2, 0) is 0 Å². The minimum Gasteiger partial charge on any atom is -0.343 e. The van der Waals surface area contributed by atoms with E-state index >= 15 is 0 Å². The summed E-state index contributed by atoms with van der Waals surface area (Å²) in [6, 6.07) is 17.9. The molecule has 1 fully saturated rings. The van der Waals surface area contributed by atoms with Gasteiger partial charge in [-0.2, -0.15) is 0 Å². The number of carbonyl (C=O) groups is 1. The number of aromatic nitrogens is 4. The fraction of sp³-hybridized carbons (Fsp3) is 0.167. The van der Waals surface area contributed by atoms with Crippen molar-refractivity contribution in [1.29, 1.82) is 0 Å². The molecule has 0 radical (unpaired) electrons. The predicted octanol–water partition coefficient (Wildman–Crippen LogP) is 4.54. The average Bonchev–Trinajstić information content (AvgIpc) is 3.64. The van der Waals surface area contributed by atoms with Crippen molar-refractivity contribution in [3.05, 3.63) is 77.9 Å². The van der Waals surface area contributed by atoms with Crippen molar-refractivity contribution in [2.24, 2.45) is 0 Å². The Bertz CT molecular complexity index is 1400. The molecular formula is C24H20N6OS2. The van der Waals surface area contributed by atoms with Gasteiger partial charge in [-0.3, -0.25) is 4.79 Å². The molecule has 0 aliphatic carbocycles. The molecule has 0 N–H and O–H groups in total. The molecular weight excluding hydrogens is 452 g/mol. The molecule has 4 aromatic heterocycles. The van der Waals surface area contributed by atoms with Crippen LogP contribution in [0, 0.1) is 0 Å². The van der Waals surface area contributed by atoms with Gasteiger partial charge in [0.2, 0.25) is 5.13 Å². The van der Waals surface area contributed by atoms with E-state index in [4.69, 9.17) is 4.98 Å². The van der Waals surface area contributed by atoms with Gasteiger partial charge in [-0.15, -0.1) is 21.5 Å². The van der Waals surface area contributed by atoms with Gasteiger partial charge in [0, 0.05) is 49.7 Å². The van der Waals surface area contributed by atoms with Crippen LogP contribution in [0.15, 0.2) is 72.4 Å². The number of hydrogen-bond acceptors (Lipinski definition) is 7. The zero-order valence-corrected chi connectivity index (χ0v) is 19.3. The monoisotopic (exact) mass is 472 g/mol. The Kier molecular flexibility index (Phi) is 5.12. The summed E-state index contributed by atoms with van der Waals surface area (Å²) < 4.78 is 1.96. The first-order chi connectivity index (χ1) is 16.2. The lowest BCUT2D eigenvalue weighted by Crippen LogP contribution is -2.48. The number of benzene rings is 1. The SMILES string of the molecule is O=C(c1ccn2cc(-c3ccccc3)nc2c1)N1CCN(c2nnc(-c3cccs3)s2)CC1. The number of anilines is 1. The first-order valence-corrected chi connectivity index (χ1v) is 12.4. The smallest absolute Gasteiger partial charge is 0.254 e. The Morgan fingerprint density at radius 3 is 2.58 bits per heavy atom. The number of pyridine rings is 1. The lowest BCUT2D eigenvalue weighted by atomic mass is 10.2. The molecule has 5 aromatic rings. The van der Waals surface area contributed by atoms with Crippen LogP contribution < -0.4 is 4.90 Å². The van der Waals surface area contributed by atoms with Crippen LogP contribution in [0.3, 0.4) is 0 Å². The second-order valence-electron chi connectivity index (χ2n) is 7.82. The molecule has 9 heteroatoms. The third kappa shape index (κ3) is 3.90. The maximum atomic E-state index is 13.2. The summed E-state index contributed by atoms with van der Waals surface area (Å²) in [5, 5.41) is 12.6. The highest BCUT2D eigenvalue weighted by Crippen LogP contribution is 2.32. The van der Waals surface area contributed by atoms with Crippen LogP contribution in [0.4, 0.5) is 5.13 Å². The van der Waals surface area contributed by atoms with E-state index in [1.807, 2.05) is 75.6 Å². The highest BCUT2D eigenvalue weighted by Gasteiger charge is 2.25. The summed E-state index contributed by atoms with van der Waals surface area (Å²) >= 11 is 3.27.